The Morgan fingerprint density at radius 2 is 2.14 bits per heavy atom. The lowest BCUT2D eigenvalue weighted by atomic mass is 9.83. The molecule has 6 heteroatoms. The van der Waals surface area contributed by atoms with E-state index < -0.39 is 0 Å². The molecule has 1 aliphatic heterocycles. The van der Waals surface area contributed by atoms with Crippen molar-refractivity contribution in [3.05, 3.63) is 0 Å². The van der Waals surface area contributed by atoms with Crippen LogP contribution in [0.15, 0.2) is 0 Å². The van der Waals surface area contributed by atoms with Crippen molar-refractivity contribution in [3.63, 3.8) is 0 Å². The molecule has 4 fully saturated rings. The monoisotopic (exact) mass is 308 g/mol. The summed E-state index contributed by atoms with van der Waals surface area (Å²) < 4.78 is 11.2. The summed E-state index contributed by atoms with van der Waals surface area (Å²) in [7, 11) is 0. The highest BCUT2D eigenvalue weighted by Crippen LogP contribution is 2.58. The molecule has 0 spiro atoms. The Hall–Kier alpha value is -1.30. The maximum atomic E-state index is 12.9. The maximum absolute atomic E-state index is 12.9. The second-order valence-electron chi connectivity index (χ2n) is 7.41. The summed E-state index contributed by atoms with van der Waals surface area (Å²) in [4.78, 5) is 24.3. The largest absolute Gasteiger partial charge is 0.444 e. The molecular weight excluding hydrogens is 284 g/mol. The second-order valence-corrected chi connectivity index (χ2v) is 7.41. The molecule has 3 aliphatic carbocycles. The molecule has 3 atom stereocenters. The first-order valence-corrected chi connectivity index (χ1v) is 8.46. The lowest BCUT2D eigenvalue weighted by Gasteiger charge is -2.29. The summed E-state index contributed by atoms with van der Waals surface area (Å²) in [5, 5.41) is 5.98. The molecule has 0 aromatic carbocycles. The molecule has 4 rings (SSSR count). The molecule has 1 heterocycles. The van der Waals surface area contributed by atoms with E-state index in [0.717, 1.165) is 44.9 Å². The van der Waals surface area contributed by atoms with Gasteiger partial charge in [-0.15, -0.1) is 0 Å². The van der Waals surface area contributed by atoms with Crippen molar-refractivity contribution in [3.8, 4) is 0 Å². The highest BCUT2D eigenvalue weighted by molar-refractivity contribution is 5.84. The van der Waals surface area contributed by atoms with E-state index in [0.29, 0.717) is 6.61 Å². The molecule has 4 aliphatic rings. The zero-order valence-electron chi connectivity index (χ0n) is 13.0. The van der Waals surface area contributed by atoms with Gasteiger partial charge in [0, 0.05) is 19.1 Å². The fraction of sp³-hybridized carbons (Fsp3) is 0.875. The molecule has 3 saturated carbocycles. The molecule has 2 N–H and O–H groups in total. The van der Waals surface area contributed by atoms with Gasteiger partial charge in [0.15, 0.2) is 0 Å². The third-order valence-corrected chi connectivity index (χ3v) is 6.11. The fourth-order valence-corrected chi connectivity index (χ4v) is 5.02. The van der Waals surface area contributed by atoms with Crippen LogP contribution in [0, 0.1) is 5.41 Å². The highest BCUT2D eigenvalue weighted by atomic mass is 16.6. The number of amides is 2. The standard InChI is InChI=1S/C16H24N2O4/c1-2-21-16-5-3-15(9-16,4-6-16)13(19)18-11-7-10-8-12(11)22-14(20)17-10/h10-12H,2-9H2,1H3,(H,17,20)(H,18,19)/t10-,11-,12-,15?,16?/m1/s1. The third kappa shape index (κ3) is 2.11. The van der Waals surface area contributed by atoms with Gasteiger partial charge < -0.3 is 20.1 Å². The Balaban J connectivity index is 1.42. The van der Waals surface area contributed by atoms with E-state index in [2.05, 4.69) is 10.6 Å². The summed E-state index contributed by atoms with van der Waals surface area (Å²) in [6, 6.07) is 0.0947. The molecule has 6 nitrogen and oxygen atoms in total. The molecule has 0 radical (unpaired) electrons. The van der Waals surface area contributed by atoms with E-state index in [1.54, 1.807) is 0 Å². The summed E-state index contributed by atoms with van der Waals surface area (Å²) in [6.07, 6.45) is 5.70. The Kier molecular flexibility index (Phi) is 3.15. The SMILES string of the molecule is CCOC12CCC(C(=O)N[C@@H]3C[C@@H]4C[C@H]3OC(=O)N4)(CC1)C2. The van der Waals surface area contributed by atoms with Crippen LogP contribution in [0.1, 0.15) is 51.9 Å². The second kappa shape index (κ2) is 4.85. The van der Waals surface area contributed by atoms with Gasteiger partial charge in [-0.25, -0.2) is 4.79 Å². The first-order valence-electron chi connectivity index (χ1n) is 8.46. The topological polar surface area (TPSA) is 76.7 Å². The number of hydrogen-bond acceptors (Lipinski definition) is 4. The zero-order chi connectivity index (χ0) is 15.4. The molecule has 122 valence electrons. The lowest BCUT2D eigenvalue weighted by Crippen LogP contribution is -2.48. The molecule has 0 aromatic heterocycles. The van der Waals surface area contributed by atoms with Gasteiger partial charge >= 0.3 is 6.09 Å². The number of ether oxygens (including phenoxy) is 2. The van der Waals surface area contributed by atoms with Crippen molar-refractivity contribution < 1.29 is 19.1 Å². The summed E-state index contributed by atoms with van der Waals surface area (Å²) in [6.45, 7) is 2.74. The molecule has 0 unspecified atom stereocenters. The van der Waals surface area contributed by atoms with E-state index in [1.165, 1.54) is 0 Å². The van der Waals surface area contributed by atoms with E-state index >= 15 is 0 Å². The van der Waals surface area contributed by atoms with Crippen LogP contribution in [-0.2, 0) is 14.3 Å². The van der Waals surface area contributed by atoms with E-state index in [4.69, 9.17) is 9.47 Å². The normalized spacial score (nSPS) is 45.5. The van der Waals surface area contributed by atoms with Crippen molar-refractivity contribution in [2.75, 3.05) is 6.61 Å². The minimum Gasteiger partial charge on any atom is -0.444 e. The van der Waals surface area contributed by atoms with Crippen molar-refractivity contribution in [2.24, 2.45) is 5.41 Å². The number of rotatable bonds is 4. The third-order valence-electron chi connectivity index (χ3n) is 6.11. The average Bonchev–Trinajstić information content (AvgIpc) is 3.11. The van der Waals surface area contributed by atoms with Crippen LogP contribution in [0.5, 0.6) is 0 Å². The highest BCUT2D eigenvalue weighted by Gasteiger charge is 2.59. The van der Waals surface area contributed by atoms with Crippen molar-refractivity contribution in [1.82, 2.24) is 10.6 Å². The van der Waals surface area contributed by atoms with Gasteiger partial charge in [-0.1, -0.05) is 0 Å². The minimum atomic E-state index is -0.353. The Labute approximate surface area is 130 Å². The van der Waals surface area contributed by atoms with Crippen LogP contribution in [-0.4, -0.2) is 42.4 Å². The number of hydrogen-bond donors (Lipinski definition) is 2. The van der Waals surface area contributed by atoms with Crippen LogP contribution >= 0.6 is 0 Å². The van der Waals surface area contributed by atoms with E-state index in [-0.39, 0.29) is 41.2 Å². The van der Waals surface area contributed by atoms with Crippen molar-refractivity contribution in [1.29, 1.82) is 0 Å². The predicted octanol–water partition coefficient (Wildman–Crippen LogP) is 1.48. The summed E-state index contributed by atoms with van der Waals surface area (Å²) in [5.74, 6) is 0.139. The van der Waals surface area contributed by atoms with Crippen LogP contribution in [0.3, 0.4) is 0 Å². The van der Waals surface area contributed by atoms with Gasteiger partial charge in [0.2, 0.25) is 5.91 Å². The van der Waals surface area contributed by atoms with Crippen LogP contribution < -0.4 is 10.6 Å². The zero-order valence-corrected chi connectivity index (χ0v) is 13.0. The summed E-state index contributed by atoms with van der Waals surface area (Å²) in [5.41, 5.74) is -0.324. The predicted molar refractivity (Wildman–Crippen MR) is 78.2 cm³/mol. The lowest BCUT2D eigenvalue weighted by molar-refractivity contribution is -0.132. The van der Waals surface area contributed by atoms with Gasteiger partial charge in [0.25, 0.3) is 0 Å². The Bertz CT molecular complexity index is 498. The van der Waals surface area contributed by atoms with Gasteiger partial charge in [0.05, 0.1) is 17.1 Å². The van der Waals surface area contributed by atoms with Crippen LogP contribution in [0.4, 0.5) is 4.79 Å². The molecular formula is C16H24N2O4. The van der Waals surface area contributed by atoms with Gasteiger partial charge in [0.1, 0.15) is 6.10 Å². The molecule has 4 bridgehead atoms. The Morgan fingerprint density at radius 1 is 1.36 bits per heavy atom. The van der Waals surface area contributed by atoms with Crippen LogP contribution in [0.2, 0.25) is 0 Å². The number of carbonyl (C=O) groups excluding carboxylic acids is 2. The van der Waals surface area contributed by atoms with E-state index in [9.17, 15) is 9.59 Å². The minimum absolute atomic E-state index is 0.0477. The summed E-state index contributed by atoms with van der Waals surface area (Å²) >= 11 is 0. The average molecular weight is 308 g/mol. The first-order chi connectivity index (χ1) is 10.5. The fourth-order valence-electron chi connectivity index (χ4n) is 5.02. The van der Waals surface area contributed by atoms with Crippen molar-refractivity contribution in [2.45, 2.75) is 75.7 Å². The van der Waals surface area contributed by atoms with Gasteiger partial charge in [-0.2, -0.15) is 0 Å². The molecule has 22 heavy (non-hydrogen) atoms. The molecule has 1 saturated heterocycles. The molecule has 0 aromatic rings. The smallest absolute Gasteiger partial charge is 0.407 e. The Morgan fingerprint density at radius 3 is 2.86 bits per heavy atom. The number of carbonyl (C=O) groups is 2. The number of alkyl carbamates (subject to hydrolysis) is 1. The van der Waals surface area contributed by atoms with E-state index in [1.807, 2.05) is 6.92 Å². The maximum Gasteiger partial charge on any atom is 0.407 e. The van der Waals surface area contributed by atoms with Crippen molar-refractivity contribution >= 4 is 12.0 Å². The first kappa shape index (κ1) is 14.3. The van der Waals surface area contributed by atoms with Gasteiger partial charge in [-0.3, -0.25) is 4.79 Å². The van der Waals surface area contributed by atoms with Crippen LogP contribution in [0.25, 0.3) is 0 Å². The van der Waals surface area contributed by atoms with Gasteiger partial charge in [-0.05, 0) is 45.4 Å². The number of fused-ring (bicyclic) bond motifs is 4. The number of nitrogens with one attached hydrogen (secondary N) is 2. The quantitative estimate of drug-likeness (QED) is 0.825. The molecule has 2 amide bonds.